The van der Waals surface area contributed by atoms with Gasteiger partial charge in [0.2, 0.25) is 5.76 Å². The number of aryl methyl sites for hydroxylation is 2. The van der Waals surface area contributed by atoms with E-state index in [1.165, 1.54) is 4.90 Å². The summed E-state index contributed by atoms with van der Waals surface area (Å²) < 4.78 is 36.9. The Morgan fingerprint density at radius 2 is 1.74 bits per heavy atom. The number of sulfone groups is 1. The molecule has 1 saturated heterocycles. The highest BCUT2D eigenvalue weighted by molar-refractivity contribution is 7.91. The number of benzene rings is 3. The Bertz CT molecular complexity index is 1740. The molecule has 0 saturated carbocycles. The third kappa shape index (κ3) is 4.19. The molecule has 2 atom stereocenters. The van der Waals surface area contributed by atoms with E-state index >= 15 is 0 Å². The van der Waals surface area contributed by atoms with Crippen LogP contribution in [0.15, 0.2) is 75.9 Å². The minimum absolute atomic E-state index is 0.00643. The number of hydrogen-bond acceptors (Lipinski definition) is 6. The average Bonchev–Trinajstić information content (AvgIpc) is 3.41. The monoisotopic (exact) mass is 529 g/mol. The van der Waals surface area contributed by atoms with Gasteiger partial charge in [-0.2, -0.15) is 0 Å². The smallest absolute Gasteiger partial charge is 0.291 e. The van der Waals surface area contributed by atoms with E-state index < -0.39 is 27.8 Å². The molecule has 0 spiro atoms. The highest BCUT2D eigenvalue weighted by atomic mass is 32.2. The zero-order valence-corrected chi connectivity index (χ0v) is 22.0. The number of carbonyl (C=O) groups excluding carboxylic acids is 1. The topological polar surface area (TPSA) is 93.9 Å². The van der Waals surface area contributed by atoms with Crippen molar-refractivity contribution >= 4 is 26.7 Å². The average molecular weight is 530 g/mol. The Hall–Kier alpha value is -3.91. The van der Waals surface area contributed by atoms with Gasteiger partial charge in [-0.1, -0.05) is 42.5 Å². The highest BCUT2D eigenvalue weighted by Crippen LogP contribution is 2.42. The molecule has 2 unspecified atom stereocenters. The maximum absolute atomic E-state index is 13.9. The lowest BCUT2D eigenvalue weighted by Crippen LogP contribution is -2.40. The number of nitrogens with zero attached hydrogens (tertiary/aromatic N) is 1. The van der Waals surface area contributed by atoms with E-state index in [-0.39, 0.29) is 28.3 Å². The zero-order chi connectivity index (χ0) is 26.6. The van der Waals surface area contributed by atoms with E-state index in [0.29, 0.717) is 35.3 Å². The second-order valence-corrected chi connectivity index (χ2v) is 12.4. The molecule has 1 aromatic heterocycles. The Labute approximate surface area is 220 Å². The standard InChI is InChI=1S/C30H27NO6S/c1-18-13-24-25(14-19(18)2)37-29-26(28(24)32)27(31(30(29)33)22-11-12-38(34,35)17-22)21-9-6-10-23(15-21)36-16-20-7-4-3-5-8-20/h3-10,13-15,22,27H,11-12,16-17H2,1-2H3. The molecule has 38 heavy (non-hydrogen) atoms. The van der Waals surface area contributed by atoms with Crippen LogP contribution in [0.3, 0.4) is 0 Å². The van der Waals surface area contributed by atoms with Crippen LogP contribution in [0.25, 0.3) is 11.0 Å². The lowest BCUT2D eigenvalue weighted by atomic mass is 9.96. The summed E-state index contributed by atoms with van der Waals surface area (Å²) in [7, 11) is -3.28. The van der Waals surface area contributed by atoms with E-state index in [2.05, 4.69) is 0 Å². The fraction of sp³-hybridized carbons (Fsp3) is 0.267. The maximum atomic E-state index is 13.9. The van der Waals surface area contributed by atoms with E-state index in [4.69, 9.17) is 9.15 Å². The molecule has 6 rings (SSSR count). The predicted molar refractivity (Wildman–Crippen MR) is 144 cm³/mol. The first-order chi connectivity index (χ1) is 18.2. The van der Waals surface area contributed by atoms with Crippen LogP contribution in [0.1, 0.15) is 50.8 Å². The number of fused-ring (bicyclic) bond motifs is 2. The molecule has 1 amide bonds. The Kier molecular flexibility index (Phi) is 5.87. The van der Waals surface area contributed by atoms with Gasteiger partial charge >= 0.3 is 0 Å². The summed E-state index contributed by atoms with van der Waals surface area (Å²) in [4.78, 5) is 29.2. The number of hydrogen-bond donors (Lipinski definition) is 0. The Morgan fingerprint density at radius 1 is 0.974 bits per heavy atom. The van der Waals surface area contributed by atoms with Crippen molar-refractivity contribution in [3.05, 3.63) is 111 Å². The number of rotatable bonds is 5. The van der Waals surface area contributed by atoms with Crippen LogP contribution in [0, 0.1) is 13.8 Å². The molecule has 3 aromatic carbocycles. The van der Waals surface area contributed by atoms with Crippen molar-refractivity contribution in [1.29, 1.82) is 0 Å². The first-order valence-corrected chi connectivity index (χ1v) is 14.4. The highest BCUT2D eigenvalue weighted by Gasteiger charge is 2.48. The summed E-state index contributed by atoms with van der Waals surface area (Å²) in [5, 5.41) is 0.405. The van der Waals surface area contributed by atoms with Crippen LogP contribution >= 0.6 is 0 Å². The minimum Gasteiger partial charge on any atom is -0.489 e. The quantitative estimate of drug-likeness (QED) is 0.371. The van der Waals surface area contributed by atoms with Gasteiger partial charge in [0.15, 0.2) is 15.3 Å². The van der Waals surface area contributed by atoms with Crippen molar-refractivity contribution < 1.29 is 22.4 Å². The van der Waals surface area contributed by atoms with Gasteiger partial charge < -0.3 is 14.1 Å². The molecule has 7 nitrogen and oxygen atoms in total. The summed E-state index contributed by atoms with van der Waals surface area (Å²) in [6.45, 7) is 4.21. The van der Waals surface area contributed by atoms with E-state index in [9.17, 15) is 18.0 Å². The lowest BCUT2D eigenvalue weighted by molar-refractivity contribution is 0.0662. The molecule has 194 valence electrons. The number of carbonyl (C=O) groups is 1. The number of amides is 1. The molecular weight excluding hydrogens is 502 g/mol. The van der Waals surface area contributed by atoms with Crippen LogP contribution in [0.4, 0.5) is 0 Å². The molecule has 1 fully saturated rings. The second-order valence-electron chi connectivity index (χ2n) is 10.1. The third-order valence-corrected chi connectivity index (χ3v) is 9.30. The maximum Gasteiger partial charge on any atom is 0.291 e. The van der Waals surface area contributed by atoms with Crippen molar-refractivity contribution in [2.45, 2.75) is 39.0 Å². The summed E-state index contributed by atoms with van der Waals surface area (Å²) in [5.41, 5.74) is 3.89. The van der Waals surface area contributed by atoms with Gasteiger partial charge in [0.25, 0.3) is 5.91 Å². The van der Waals surface area contributed by atoms with Crippen LogP contribution < -0.4 is 10.2 Å². The second kappa shape index (κ2) is 9.13. The molecule has 0 N–H and O–H groups in total. The minimum atomic E-state index is -3.28. The van der Waals surface area contributed by atoms with Gasteiger partial charge in [0.05, 0.1) is 28.5 Å². The fourth-order valence-corrected chi connectivity index (χ4v) is 7.17. The molecule has 2 aliphatic rings. The number of ether oxygens (including phenoxy) is 1. The first-order valence-electron chi connectivity index (χ1n) is 12.6. The van der Waals surface area contributed by atoms with Crippen molar-refractivity contribution in [2.24, 2.45) is 0 Å². The normalized spacial score (nSPS) is 20.2. The SMILES string of the molecule is Cc1cc2oc3c(c(=O)c2cc1C)C(c1cccc(OCc2ccccc2)c1)N(C1CCS(=O)(=O)C1)C3=O. The Morgan fingerprint density at radius 3 is 2.47 bits per heavy atom. The molecule has 3 heterocycles. The van der Waals surface area contributed by atoms with Crippen molar-refractivity contribution in [3.63, 3.8) is 0 Å². The van der Waals surface area contributed by atoms with Gasteiger partial charge in [0, 0.05) is 6.04 Å². The predicted octanol–water partition coefficient (Wildman–Crippen LogP) is 4.72. The first kappa shape index (κ1) is 24.4. The summed E-state index contributed by atoms with van der Waals surface area (Å²) in [5.74, 6) is -0.0234. The summed E-state index contributed by atoms with van der Waals surface area (Å²) in [6.07, 6.45) is 0.314. The molecular formula is C30H27NO6S. The van der Waals surface area contributed by atoms with Gasteiger partial charge in [-0.05, 0) is 66.8 Å². The lowest BCUT2D eigenvalue weighted by Gasteiger charge is -2.30. The molecule has 0 radical (unpaired) electrons. The zero-order valence-electron chi connectivity index (χ0n) is 21.1. The van der Waals surface area contributed by atoms with Crippen molar-refractivity contribution in [3.8, 4) is 5.75 Å². The largest absolute Gasteiger partial charge is 0.489 e. The van der Waals surface area contributed by atoms with Gasteiger partial charge in [-0.3, -0.25) is 9.59 Å². The molecule has 2 aliphatic heterocycles. The molecule has 0 bridgehead atoms. The van der Waals surface area contributed by atoms with E-state index in [1.807, 2.05) is 68.4 Å². The van der Waals surface area contributed by atoms with E-state index in [0.717, 1.165) is 16.7 Å². The van der Waals surface area contributed by atoms with Gasteiger partial charge in [-0.15, -0.1) is 0 Å². The summed E-state index contributed by atoms with van der Waals surface area (Å²) in [6, 6.07) is 19.3. The van der Waals surface area contributed by atoms with Gasteiger partial charge in [0.1, 0.15) is 17.9 Å². The fourth-order valence-electron chi connectivity index (χ4n) is 5.46. The third-order valence-electron chi connectivity index (χ3n) is 7.55. The van der Waals surface area contributed by atoms with Crippen molar-refractivity contribution in [2.75, 3.05) is 11.5 Å². The van der Waals surface area contributed by atoms with Gasteiger partial charge in [-0.25, -0.2) is 8.42 Å². The van der Waals surface area contributed by atoms with Crippen LogP contribution in [0.5, 0.6) is 5.75 Å². The van der Waals surface area contributed by atoms with Crippen LogP contribution in [0.2, 0.25) is 0 Å². The van der Waals surface area contributed by atoms with Crippen molar-refractivity contribution in [1.82, 2.24) is 4.90 Å². The summed E-state index contributed by atoms with van der Waals surface area (Å²) >= 11 is 0. The van der Waals surface area contributed by atoms with E-state index in [1.54, 1.807) is 12.1 Å². The Balaban J connectivity index is 1.48. The molecule has 0 aliphatic carbocycles. The van der Waals surface area contributed by atoms with Crippen LogP contribution in [-0.4, -0.2) is 36.8 Å². The molecule has 8 heteroatoms. The van der Waals surface area contributed by atoms with Crippen LogP contribution in [-0.2, 0) is 16.4 Å². The molecule has 4 aromatic rings.